The van der Waals surface area contributed by atoms with Crippen molar-refractivity contribution in [2.24, 2.45) is 0 Å². The Hall–Kier alpha value is -3.19. The Balaban J connectivity index is 1.89. The zero-order valence-electron chi connectivity index (χ0n) is 14.5. The highest BCUT2D eigenvalue weighted by Gasteiger charge is 2.26. The fourth-order valence-corrected chi connectivity index (χ4v) is 2.56. The molecule has 8 heteroatoms. The molecule has 27 heavy (non-hydrogen) atoms. The highest BCUT2D eigenvalue weighted by molar-refractivity contribution is 6.30. The molecule has 0 unspecified atom stereocenters. The number of halogens is 2. The molecule has 0 N–H and O–H groups in total. The molecular weight excluding hydrogens is 373 g/mol. The molecule has 0 aliphatic rings. The van der Waals surface area contributed by atoms with Crippen molar-refractivity contribution in [3.63, 3.8) is 0 Å². The maximum absolute atomic E-state index is 13.3. The van der Waals surface area contributed by atoms with Gasteiger partial charge in [0.25, 0.3) is 5.78 Å². The minimum Gasteiger partial charge on any atom is -0.539 e. The molecule has 3 aromatic rings. The maximum atomic E-state index is 13.3. The number of rotatable bonds is 5. The number of allylic oxidation sites excluding steroid dienone is 1. The molecule has 0 saturated heterocycles. The van der Waals surface area contributed by atoms with Crippen molar-refractivity contribution in [1.82, 2.24) is 5.27 Å². The van der Waals surface area contributed by atoms with Crippen LogP contribution in [0.15, 0.2) is 53.1 Å². The Morgan fingerprint density at radius 3 is 2.59 bits per heavy atom. The van der Waals surface area contributed by atoms with Crippen LogP contribution in [-0.4, -0.2) is 25.1 Å². The average Bonchev–Trinajstić information content (AvgIpc) is 3.04. The van der Waals surface area contributed by atoms with E-state index in [1.54, 1.807) is 6.08 Å². The molecule has 1 aromatic heterocycles. The van der Waals surface area contributed by atoms with E-state index < -0.39 is 17.5 Å². The zero-order chi connectivity index (χ0) is 19.6. The highest BCUT2D eigenvalue weighted by atomic mass is 35.5. The van der Waals surface area contributed by atoms with E-state index in [2.05, 4.69) is 9.79 Å². The number of hydrogen-bond donors (Lipinski definition) is 0. The lowest BCUT2D eigenvalue weighted by molar-refractivity contribution is -0.672. The summed E-state index contributed by atoms with van der Waals surface area (Å²) in [5.74, 6) is -2.12. The van der Waals surface area contributed by atoms with Gasteiger partial charge >= 0.3 is 5.69 Å². The van der Waals surface area contributed by atoms with Gasteiger partial charge < -0.3 is 14.5 Å². The molecule has 0 fully saturated rings. The number of carbonyl (C=O) groups is 1. The first-order chi connectivity index (χ1) is 12.9. The van der Waals surface area contributed by atoms with Gasteiger partial charge in [-0.25, -0.2) is 4.39 Å². The third-order valence-corrected chi connectivity index (χ3v) is 4.12. The first-order valence-corrected chi connectivity index (χ1v) is 8.29. The van der Waals surface area contributed by atoms with Crippen LogP contribution in [0.5, 0.6) is 5.95 Å². The predicted molar refractivity (Wildman–Crippen MR) is 96.6 cm³/mol. The minimum atomic E-state index is -0.895. The van der Waals surface area contributed by atoms with E-state index in [1.165, 1.54) is 18.2 Å². The van der Waals surface area contributed by atoms with Crippen LogP contribution in [0.2, 0.25) is 5.02 Å². The molecule has 0 bridgehead atoms. The van der Waals surface area contributed by atoms with E-state index in [1.807, 2.05) is 43.3 Å². The summed E-state index contributed by atoms with van der Waals surface area (Å²) in [5, 5.41) is 15.3. The molecule has 1 heterocycles. The molecule has 0 aliphatic carbocycles. The van der Waals surface area contributed by atoms with Crippen molar-refractivity contribution in [3.8, 4) is 11.6 Å². The molecule has 0 atom stereocenters. The van der Waals surface area contributed by atoms with Gasteiger partial charge in [0.15, 0.2) is 5.95 Å². The Labute approximate surface area is 159 Å². The summed E-state index contributed by atoms with van der Waals surface area (Å²) in [6, 6.07) is 11.2. The predicted octanol–water partition coefficient (Wildman–Crippen LogP) is 2.78. The Morgan fingerprint density at radius 2 is 1.96 bits per heavy atom. The summed E-state index contributed by atoms with van der Waals surface area (Å²) in [6.45, 7) is 0. The molecule has 2 aromatic carbocycles. The van der Waals surface area contributed by atoms with Crippen LogP contribution in [0, 0.1) is 5.82 Å². The average molecular weight is 388 g/mol. The SMILES string of the molecule is CN(C)c1ccc(/C=C/C(=O)c2c([O-])on[n+]2-c2ccc(F)c(Cl)c2)cc1. The van der Waals surface area contributed by atoms with Crippen LogP contribution in [-0.2, 0) is 0 Å². The van der Waals surface area contributed by atoms with E-state index in [4.69, 9.17) is 11.6 Å². The second kappa shape index (κ2) is 7.59. The van der Waals surface area contributed by atoms with Gasteiger partial charge in [-0.3, -0.25) is 4.79 Å². The lowest BCUT2D eigenvalue weighted by Crippen LogP contribution is -2.38. The summed E-state index contributed by atoms with van der Waals surface area (Å²) in [7, 11) is 3.85. The number of ketones is 1. The lowest BCUT2D eigenvalue weighted by Gasteiger charge is -2.11. The molecule has 3 rings (SSSR count). The van der Waals surface area contributed by atoms with Gasteiger partial charge in [-0.05, 0) is 34.5 Å². The minimum absolute atomic E-state index is 0.162. The number of benzene rings is 2. The van der Waals surface area contributed by atoms with Crippen molar-refractivity contribution >= 4 is 29.1 Å². The molecule has 0 aliphatic heterocycles. The van der Waals surface area contributed by atoms with Crippen molar-refractivity contribution in [2.45, 2.75) is 0 Å². The number of aromatic nitrogens is 2. The standard InChI is InChI=1S/C19H15ClFN3O3/c1-23(2)13-6-3-12(4-7-13)5-10-17(25)18-19(26)27-22-24(18)14-8-9-16(21)15(20)11-14/h3-11H,1-2H3/b10-5+. The van der Waals surface area contributed by atoms with E-state index in [9.17, 15) is 14.3 Å². The number of carbonyl (C=O) groups excluding carboxylic acids is 1. The molecular formula is C19H15ClFN3O3. The second-order valence-corrected chi connectivity index (χ2v) is 6.31. The number of hydrogen-bond acceptors (Lipinski definition) is 5. The van der Waals surface area contributed by atoms with Crippen LogP contribution in [0.1, 0.15) is 16.1 Å². The lowest BCUT2D eigenvalue weighted by atomic mass is 10.1. The van der Waals surface area contributed by atoms with Gasteiger partial charge in [-0.15, -0.1) is 0 Å². The van der Waals surface area contributed by atoms with Crippen LogP contribution in [0.3, 0.4) is 0 Å². The van der Waals surface area contributed by atoms with Gasteiger partial charge in [-0.2, -0.15) is 0 Å². The first-order valence-electron chi connectivity index (χ1n) is 7.91. The van der Waals surface area contributed by atoms with Crippen LogP contribution >= 0.6 is 11.6 Å². The summed E-state index contributed by atoms with van der Waals surface area (Å²) >= 11 is 5.75. The van der Waals surface area contributed by atoms with Crippen molar-refractivity contribution in [3.05, 3.63) is 70.6 Å². The number of nitrogens with zero attached hydrogens (tertiary/aromatic N) is 3. The van der Waals surface area contributed by atoms with Crippen molar-refractivity contribution < 1.29 is 23.5 Å². The Morgan fingerprint density at radius 1 is 1.26 bits per heavy atom. The maximum Gasteiger partial charge on any atom is 0.310 e. The monoisotopic (exact) mass is 387 g/mol. The summed E-state index contributed by atoms with van der Waals surface area (Å²) < 4.78 is 18.9. The molecule has 6 nitrogen and oxygen atoms in total. The van der Waals surface area contributed by atoms with Gasteiger partial charge in [0.1, 0.15) is 5.82 Å². The smallest absolute Gasteiger partial charge is 0.310 e. The quantitative estimate of drug-likeness (QED) is 0.382. The Bertz CT molecular complexity index is 1010. The zero-order valence-corrected chi connectivity index (χ0v) is 15.3. The van der Waals surface area contributed by atoms with Crippen LogP contribution < -0.4 is 14.7 Å². The summed E-state index contributed by atoms with van der Waals surface area (Å²) in [4.78, 5) is 14.5. The summed E-state index contributed by atoms with van der Waals surface area (Å²) in [5.41, 5.74) is 1.73. The molecule has 0 saturated carbocycles. The van der Waals surface area contributed by atoms with Crippen LogP contribution in [0.4, 0.5) is 10.1 Å². The van der Waals surface area contributed by atoms with Crippen molar-refractivity contribution in [1.29, 1.82) is 0 Å². The summed E-state index contributed by atoms with van der Waals surface area (Å²) in [6.07, 6.45) is 2.83. The van der Waals surface area contributed by atoms with Crippen molar-refractivity contribution in [2.75, 3.05) is 19.0 Å². The number of anilines is 1. The third kappa shape index (κ3) is 3.98. The van der Waals surface area contributed by atoms with E-state index >= 15 is 0 Å². The fraction of sp³-hybridized carbons (Fsp3) is 0.105. The Kier molecular flexibility index (Phi) is 5.23. The van der Waals surface area contributed by atoms with Crippen LogP contribution in [0.25, 0.3) is 11.8 Å². The normalized spacial score (nSPS) is 11.1. The van der Waals surface area contributed by atoms with E-state index in [0.717, 1.165) is 22.0 Å². The molecule has 0 spiro atoms. The molecule has 0 amide bonds. The molecule has 0 radical (unpaired) electrons. The van der Waals surface area contributed by atoms with Gasteiger partial charge in [-0.1, -0.05) is 29.8 Å². The third-order valence-electron chi connectivity index (χ3n) is 3.83. The highest BCUT2D eigenvalue weighted by Crippen LogP contribution is 2.19. The fourth-order valence-electron chi connectivity index (χ4n) is 2.38. The molecule has 138 valence electrons. The second-order valence-electron chi connectivity index (χ2n) is 5.90. The largest absolute Gasteiger partial charge is 0.539 e. The first kappa shape index (κ1) is 18.6. The topological polar surface area (TPSA) is 73.3 Å². The van der Waals surface area contributed by atoms with Gasteiger partial charge in [0.2, 0.25) is 5.69 Å². The van der Waals surface area contributed by atoms with E-state index in [-0.39, 0.29) is 16.4 Å². The van der Waals surface area contributed by atoms with E-state index in [0.29, 0.717) is 0 Å². The van der Waals surface area contributed by atoms with Gasteiger partial charge in [0, 0.05) is 31.9 Å². The van der Waals surface area contributed by atoms with Gasteiger partial charge in [0.05, 0.1) is 10.3 Å².